The molecule has 0 amide bonds. The summed E-state index contributed by atoms with van der Waals surface area (Å²) in [6, 6.07) is 6.38. The average molecular weight is 339 g/mol. The van der Waals surface area contributed by atoms with Crippen LogP contribution in [0, 0.1) is 0 Å². The van der Waals surface area contributed by atoms with Gasteiger partial charge in [-0.15, -0.1) is 0 Å². The summed E-state index contributed by atoms with van der Waals surface area (Å²) in [4.78, 5) is 11.9. The number of halogens is 1. The smallest absolute Gasteiger partial charge is 0.242 e. The molecule has 1 aromatic carbocycles. The molecule has 0 fully saturated rings. The Hall–Kier alpha value is -1.80. The minimum atomic E-state index is -3.70. The molecule has 0 N–H and O–H groups in total. The molecule has 0 aliphatic heterocycles. The van der Waals surface area contributed by atoms with E-state index in [1.54, 1.807) is 12.1 Å². The van der Waals surface area contributed by atoms with Gasteiger partial charge >= 0.3 is 0 Å². The van der Waals surface area contributed by atoms with Gasteiger partial charge in [0.15, 0.2) is 5.65 Å². The van der Waals surface area contributed by atoms with Crippen LogP contribution >= 0.6 is 15.9 Å². The lowest BCUT2D eigenvalue weighted by molar-refractivity contribution is 0.588. The summed E-state index contributed by atoms with van der Waals surface area (Å²) >= 11 is 3.27. The van der Waals surface area contributed by atoms with E-state index >= 15 is 0 Å². The van der Waals surface area contributed by atoms with E-state index in [-0.39, 0.29) is 10.5 Å². The van der Waals surface area contributed by atoms with E-state index < -0.39 is 10.0 Å². The standard InChI is InChI=1S/C11H7BrN4O2S/c12-8-1-3-9(4-2-8)19(17,18)16-7-15-10-5-13-6-14-11(10)16/h1-7H. The van der Waals surface area contributed by atoms with Crippen LogP contribution in [0.3, 0.4) is 0 Å². The highest BCUT2D eigenvalue weighted by molar-refractivity contribution is 9.10. The molecule has 2 aromatic heterocycles. The Kier molecular flexibility index (Phi) is 2.83. The molecule has 0 saturated carbocycles. The number of nitrogens with zero attached hydrogens (tertiary/aromatic N) is 4. The van der Waals surface area contributed by atoms with Gasteiger partial charge in [0, 0.05) is 4.47 Å². The Morgan fingerprint density at radius 2 is 1.84 bits per heavy atom. The quantitative estimate of drug-likeness (QED) is 0.712. The zero-order chi connectivity index (χ0) is 13.5. The third-order valence-corrected chi connectivity index (χ3v) is 4.74. The summed E-state index contributed by atoms with van der Waals surface area (Å²) in [5, 5.41) is 0. The first kappa shape index (κ1) is 12.2. The van der Waals surface area contributed by atoms with Crippen molar-refractivity contribution in [2.45, 2.75) is 4.90 Å². The molecule has 0 spiro atoms. The van der Waals surface area contributed by atoms with E-state index in [1.165, 1.54) is 31.0 Å². The Bertz CT molecular complexity index is 843. The highest BCUT2D eigenvalue weighted by atomic mass is 79.9. The molecule has 96 valence electrons. The molecular formula is C11H7BrN4O2S. The van der Waals surface area contributed by atoms with Crippen molar-refractivity contribution in [3.05, 3.63) is 47.6 Å². The van der Waals surface area contributed by atoms with Crippen LogP contribution in [0.25, 0.3) is 11.2 Å². The molecular weight excluding hydrogens is 332 g/mol. The van der Waals surface area contributed by atoms with Crippen LogP contribution in [0.5, 0.6) is 0 Å². The number of hydrogen-bond acceptors (Lipinski definition) is 5. The highest BCUT2D eigenvalue weighted by Gasteiger charge is 2.20. The minimum Gasteiger partial charge on any atom is -0.242 e. The summed E-state index contributed by atoms with van der Waals surface area (Å²) in [6.45, 7) is 0. The molecule has 0 saturated heterocycles. The molecule has 3 rings (SSSR count). The summed E-state index contributed by atoms with van der Waals surface area (Å²) < 4.78 is 26.8. The van der Waals surface area contributed by atoms with Gasteiger partial charge in [0.05, 0.1) is 11.1 Å². The Labute approximate surface area is 117 Å². The molecule has 6 nitrogen and oxygen atoms in total. The third kappa shape index (κ3) is 2.02. The van der Waals surface area contributed by atoms with Crippen LogP contribution in [0.1, 0.15) is 0 Å². The number of aromatic nitrogens is 4. The molecule has 19 heavy (non-hydrogen) atoms. The second-order valence-electron chi connectivity index (χ2n) is 3.73. The largest absolute Gasteiger partial charge is 0.270 e. The number of rotatable bonds is 2. The Morgan fingerprint density at radius 3 is 2.58 bits per heavy atom. The number of benzene rings is 1. The van der Waals surface area contributed by atoms with E-state index in [1.807, 2.05) is 0 Å². The SMILES string of the molecule is O=S(=O)(c1ccc(Br)cc1)n1cnc2cncnc21. The van der Waals surface area contributed by atoms with Gasteiger partial charge in [-0.3, -0.25) is 0 Å². The minimum absolute atomic E-state index is 0.175. The maximum atomic E-state index is 12.5. The van der Waals surface area contributed by atoms with Gasteiger partial charge in [-0.1, -0.05) is 15.9 Å². The van der Waals surface area contributed by atoms with E-state index in [0.717, 1.165) is 8.45 Å². The maximum Gasteiger partial charge on any atom is 0.270 e. The normalized spacial score (nSPS) is 11.8. The van der Waals surface area contributed by atoms with Crippen molar-refractivity contribution in [1.29, 1.82) is 0 Å². The van der Waals surface area contributed by atoms with Crippen molar-refractivity contribution >= 4 is 37.1 Å². The van der Waals surface area contributed by atoms with Crippen molar-refractivity contribution in [2.24, 2.45) is 0 Å². The van der Waals surface area contributed by atoms with Crippen molar-refractivity contribution < 1.29 is 8.42 Å². The van der Waals surface area contributed by atoms with Crippen LogP contribution < -0.4 is 0 Å². The van der Waals surface area contributed by atoms with Gasteiger partial charge < -0.3 is 0 Å². The van der Waals surface area contributed by atoms with E-state index in [0.29, 0.717) is 5.52 Å². The summed E-state index contributed by atoms with van der Waals surface area (Å²) in [5.41, 5.74) is 0.695. The second kappa shape index (κ2) is 4.39. The van der Waals surface area contributed by atoms with Crippen molar-refractivity contribution in [3.8, 4) is 0 Å². The fourth-order valence-corrected chi connectivity index (χ4v) is 3.15. The monoisotopic (exact) mass is 338 g/mol. The first-order valence-electron chi connectivity index (χ1n) is 5.23. The lowest BCUT2D eigenvalue weighted by atomic mass is 10.4. The lowest BCUT2D eigenvalue weighted by Gasteiger charge is -2.05. The van der Waals surface area contributed by atoms with Crippen LogP contribution in [-0.2, 0) is 10.0 Å². The van der Waals surface area contributed by atoms with Gasteiger partial charge in [-0.25, -0.2) is 27.3 Å². The number of imidazole rings is 1. The molecule has 2 heterocycles. The fraction of sp³-hybridized carbons (Fsp3) is 0. The molecule has 0 aliphatic carbocycles. The van der Waals surface area contributed by atoms with Crippen molar-refractivity contribution in [2.75, 3.05) is 0 Å². The van der Waals surface area contributed by atoms with Gasteiger partial charge in [0.2, 0.25) is 0 Å². The highest BCUT2D eigenvalue weighted by Crippen LogP contribution is 2.20. The van der Waals surface area contributed by atoms with Crippen LogP contribution in [0.15, 0.2) is 52.5 Å². The maximum absolute atomic E-state index is 12.5. The number of hydrogen-bond donors (Lipinski definition) is 0. The first-order valence-corrected chi connectivity index (χ1v) is 7.46. The molecule has 0 aliphatic rings. The van der Waals surface area contributed by atoms with Crippen molar-refractivity contribution in [1.82, 2.24) is 18.9 Å². The predicted octanol–water partition coefficient (Wildman–Crippen LogP) is 1.83. The van der Waals surface area contributed by atoms with Crippen LogP contribution in [0.4, 0.5) is 0 Å². The number of fused-ring (bicyclic) bond motifs is 1. The topological polar surface area (TPSA) is 77.7 Å². The van der Waals surface area contributed by atoms with Gasteiger partial charge in [-0.2, -0.15) is 0 Å². The molecule has 0 unspecified atom stereocenters. The Morgan fingerprint density at radius 1 is 1.11 bits per heavy atom. The zero-order valence-corrected chi connectivity index (χ0v) is 11.8. The van der Waals surface area contributed by atoms with E-state index in [4.69, 9.17) is 0 Å². The molecule has 8 heteroatoms. The van der Waals surface area contributed by atoms with Gasteiger partial charge in [0.1, 0.15) is 18.2 Å². The lowest BCUT2D eigenvalue weighted by Crippen LogP contribution is -2.12. The van der Waals surface area contributed by atoms with Crippen LogP contribution in [-0.4, -0.2) is 27.3 Å². The van der Waals surface area contributed by atoms with Gasteiger partial charge in [-0.05, 0) is 24.3 Å². The summed E-state index contributed by atoms with van der Waals surface area (Å²) in [6.07, 6.45) is 3.99. The first-order chi connectivity index (χ1) is 9.09. The van der Waals surface area contributed by atoms with E-state index in [9.17, 15) is 8.42 Å². The fourth-order valence-electron chi connectivity index (χ4n) is 1.64. The summed E-state index contributed by atoms with van der Waals surface area (Å²) in [7, 11) is -3.70. The molecule has 0 bridgehead atoms. The third-order valence-electron chi connectivity index (χ3n) is 2.55. The van der Waals surface area contributed by atoms with Gasteiger partial charge in [0.25, 0.3) is 10.0 Å². The van der Waals surface area contributed by atoms with Crippen LogP contribution in [0.2, 0.25) is 0 Å². The second-order valence-corrected chi connectivity index (χ2v) is 6.46. The summed E-state index contributed by atoms with van der Waals surface area (Å²) in [5.74, 6) is 0. The molecule has 0 radical (unpaired) electrons. The average Bonchev–Trinajstić information content (AvgIpc) is 2.83. The Balaban J connectivity index is 2.22. The predicted molar refractivity (Wildman–Crippen MR) is 72.0 cm³/mol. The molecule has 3 aromatic rings. The zero-order valence-electron chi connectivity index (χ0n) is 9.43. The van der Waals surface area contributed by atoms with E-state index in [2.05, 4.69) is 30.9 Å². The van der Waals surface area contributed by atoms with Crippen molar-refractivity contribution in [3.63, 3.8) is 0 Å². The molecule has 0 atom stereocenters.